The molecule has 1 saturated heterocycles. The maximum Gasteiger partial charge on any atom is 0.416 e. The quantitative estimate of drug-likeness (QED) is 0.521. The average molecular weight is 495 g/mol. The highest BCUT2D eigenvalue weighted by molar-refractivity contribution is 6.07. The van der Waals surface area contributed by atoms with Crippen molar-refractivity contribution in [3.63, 3.8) is 0 Å². The van der Waals surface area contributed by atoms with E-state index in [2.05, 4.69) is 10.2 Å². The molecule has 1 aromatic heterocycles. The second-order valence-electron chi connectivity index (χ2n) is 10.3. The van der Waals surface area contributed by atoms with Crippen molar-refractivity contribution >= 4 is 28.3 Å². The van der Waals surface area contributed by atoms with Crippen LogP contribution in [0.3, 0.4) is 0 Å². The Labute approximate surface area is 208 Å². The lowest BCUT2D eigenvalue weighted by Crippen LogP contribution is -2.47. The molecule has 0 radical (unpaired) electrons. The van der Waals surface area contributed by atoms with Crippen molar-refractivity contribution in [2.24, 2.45) is 11.8 Å². The van der Waals surface area contributed by atoms with E-state index >= 15 is 0 Å². The smallest absolute Gasteiger partial charge is 0.368 e. The third-order valence-corrected chi connectivity index (χ3v) is 8.14. The molecule has 36 heavy (non-hydrogen) atoms. The van der Waals surface area contributed by atoms with E-state index in [-0.39, 0.29) is 11.9 Å². The molecule has 1 aliphatic heterocycles. The fourth-order valence-electron chi connectivity index (χ4n) is 6.25. The van der Waals surface area contributed by atoms with Crippen molar-refractivity contribution in [3.05, 3.63) is 65.7 Å². The topological polar surface area (TPSA) is 48.5 Å². The Bertz CT molecular complexity index is 1290. The molecule has 188 valence electrons. The molecule has 2 bridgehead atoms. The minimum atomic E-state index is -4.36. The Balaban J connectivity index is 1.21. The van der Waals surface area contributed by atoms with Crippen LogP contribution in [0.4, 0.5) is 24.7 Å². The number of nitrogens with zero attached hydrogens (tertiary/aromatic N) is 3. The Kier molecular flexibility index (Phi) is 5.77. The SMILES string of the molecule is O=C(N[C@@H]1C[C@H]2CC[C@@H]1C2)c1cc(N2CCN(c3cccc(C(F)(F)F)c3)CC2)nc2ccccc12. The monoisotopic (exact) mass is 494 g/mol. The molecule has 3 aliphatic rings. The maximum absolute atomic E-state index is 13.4. The van der Waals surface area contributed by atoms with E-state index in [1.54, 1.807) is 6.07 Å². The summed E-state index contributed by atoms with van der Waals surface area (Å²) in [6.07, 6.45) is 0.426. The average Bonchev–Trinajstić information content (AvgIpc) is 3.51. The van der Waals surface area contributed by atoms with Gasteiger partial charge in [-0.1, -0.05) is 30.7 Å². The molecule has 6 rings (SSSR count). The Morgan fingerprint density at radius 2 is 1.69 bits per heavy atom. The Hall–Kier alpha value is -3.29. The second kappa shape index (κ2) is 8.98. The zero-order chi connectivity index (χ0) is 24.9. The van der Waals surface area contributed by atoms with E-state index in [9.17, 15) is 18.0 Å². The van der Waals surface area contributed by atoms with Gasteiger partial charge in [0.05, 0.1) is 16.6 Å². The summed E-state index contributed by atoms with van der Waals surface area (Å²) >= 11 is 0. The Morgan fingerprint density at radius 3 is 2.42 bits per heavy atom. The summed E-state index contributed by atoms with van der Waals surface area (Å²) in [7, 11) is 0. The first-order valence-corrected chi connectivity index (χ1v) is 12.7. The lowest BCUT2D eigenvalue weighted by atomic mass is 9.95. The van der Waals surface area contributed by atoms with Crippen LogP contribution in [0.25, 0.3) is 10.9 Å². The van der Waals surface area contributed by atoms with E-state index in [4.69, 9.17) is 4.98 Å². The molecule has 3 fully saturated rings. The highest BCUT2D eigenvalue weighted by Crippen LogP contribution is 2.44. The van der Waals surface area contributed by atoms with Crippen LogP contribution in [0.15, 0.2) is 54.6 Å². The second-order valence-corrected chi connectivity index (χ2v) is 10.3. The fraction of sp³-hybridized carbons (Fsp3) is 0.429. The molecule has 2 aromatic carbocycles. The lowest BCUT2D eigenvalue weighted by Gasteiger charge is -2.37. The molecule has 0 unspecified atom stereocenters. The normalized spacial score (nSPS) is 23.9. The molecule has 2 heterocycles. The van der Waals surface area contributed by atoms with Gasteiger partial charge in [-0.05, 0) is 61.4 Å². The van der Waals surface area contributed by atoms with Crippen LogP contribution in [-0.4, -0.2) is 43.1 Å². The number of halogens is 3. The molecule has 2 aliphatic carbocycles. The van der Waals surface area contributed by atoms with Gasteiger partial charge in [-0.15, -0.1) is 0 Å². The van der Waals surface area contributed by atoms with Gasteiger partial charge in [0.2, 0.25) is 0 Å². The van der Waals surface area contributed by atoms with Crippen molar-refractivity contribution in [1.29, 1.82) is 0 Å². The highest BCUT2D eigenvalue weighted by Gasteiger charge is 2.40. The van der Waals surface area contributed by atoms with E-state index < -0.39 is 11.7 Å². The van der Waals surface area contributed by atoms with Gasteiger partial charge < -0.3 is 15.1 Å². The molecule has 3 atom stereocenters. The largest absolute Gasteiger partial charge is 0.416 e. The summed E-state index contributed by atoms with van der Waals surface area (Å²) in [6, 6.07) is 15.3. The van der Waals surface area contributed by atoms with Crippen LogP contribution in [0.2, 0.25) is 0 Å². The number of benzene rings is 2. The number of anilines is 2. The summed E-state index contributed by atoms with van der Waals surface area (Å²) in [5.41, 5.74) is 1.35. The molecule has 0 spiro atoms. The van der Waals surface area contributed by atoms with Gasteiger partial charge >= 0.3 is 6.18 Å². The first-order valence-electron chi connectivity index (χ1n) is 12.7. The first-order chi connectivity index (χ1) is 17.3. The van der Waals surface area contributed by atoms with Gasteiger partial charge in [-0.3, -0.25) is 4.79 Å². The summed E-state index contributed by atoms with van der Waals surface area (Å²) in [5.74, 6) is 2.03. The van der Waals surface area contributed by atoms with Crippen LogP contribution >= 0.6 is 0 Å². The zero-order valence-electron chi connectivity index (χ0n) is 20.0. The fourth-order valence-corrected chi connectivity index (χ4v) is 6.25. The highest BCUT2D eigenvalue weighted by atomic mass is 19.4. The van der Waals surface area contributed by atoms with Crippen molar-refractivity contribution in [3.8, 4) is 0 Å². The van der Waals surface area contributed by atoms with E-state index in [1.807, 2.05) is 35.2 Å². The van der Waals surface area contributed by atoms with E-state index in [1.165, 1.54) is 31.4 Å². The van der Waals surface area contributed by atoms with Crippen LogP contribution in [0.5, 0.6) is 0 Å². The number of hydrogen-bond donors (Lipinski definition) is 1. The predicted octanol–water partition coefficient (Wildman–Crippen LogP) is 5.50. The lowest BCUT2D eigenvalue weighted by molar-refractivity contribution is -0.137. The number of pyridine rings is 1. The predicted molar refractivity (Wildman–Crippen MR) is 134 cm³/mol. The third-order valence-electron chi connectivity index (χ3n) is 8.14. The first kappa shape index (κ1) is 23.1. The number of nitrogens with one attached hydrogen (secondary N) is 1. The minimum Gasteiger partial charge on any atom is -0.368 e. The van der Waals surface area contributed by atoms with Gasteiger partial charge in [0, 0.05) is 43.3 Å². The number of aromatic nitrogens is 1. The van der Waals surface area contributed by atoms with Gasteiger partial charge in [-0.2, -0.15) is 13.2 Å². The molecule has 2 saturated carbocycles. The molecule has 3 aromatic rings. The van der Waals surface area contributed by atoms with E-state index in [0.29, 0.717) is 43.3 Å². The molecule has 1 amide bonds. The van der Waals surface area contributed by atoms with Gasteiger partial charge in [0.1, 0.15) is 5.82 Å². The maximum atomic E-state index is 13.4. The number of carbonyl (C=O) groups excluding carboxylic acids is 1. The van der Waals surface area contributed by atoms with Crippen LogP contribution in [-0.2, 0) is 6.18 Å². The van der Waals surface area contributed by atoms with Crippen LogP contribution in [0, 0.1) is 11.8 Å². The number of para-hydroxylation sites is 1. The standard InChI is InChI=1S/C28H29F3N4O/c29-28(30,31)20-4-3-5-21(16-20)34-10-12-35(13-11-34)26-17-23(22-6-1-2-7-24(22)32-26)27(36)33-25-15-18-8-9-19(25)14-18/h1-7,16-19,25H,8-15H2,(H,33,36)/t18-,19+,25+/m0/s1. The van der Waals surface area contributed by atoms with Crippen molar-refractivity contribution in [2.75, 3.05) is 36.0 Å². The molecular formula is C28H29F3N4O. The van der Waals surface area contributed by atoms with Crippen molar-refractivity contribution in [2.45, 2.75) is 37.9 Å². The summed E-state index contributed by atoms with van der Waals surface area (Å²) in [5, 5.41) is 4.15. The number of carbonyl (C=O) groups is 1. The van der Waals surface area contributed by atoms with Gasteiger partial charge in [0.25, 0.3) is 5.91 Å². The van der Waals surface area contributed by atoms with Crippen molar-refractivity contribution in [1.82, 2.24) is 10.3 Å². The van der Waals surface area contributed by atoms with Gasteiger partial charge in [-0.25, -0.2) is 4.98 Å². The molecule has 1 N–H and O–H groups in total. The number of amides is 1. The summed E-state index contributed by atoms with van der Waals surface area (Å²) in [6.45, 7) is 2.36. The Morgan fingerprint density at radius 1 is 0.917 bits per heavy atom. The number of fused-ring (bicyclic) bond motifs is 3. The number of alkyl halides is 3. The molecular weight excluding hydrogens is 465 g/mol. The van der Waals surface area contributed by atoms with Crippen molar-refractivity contribution < 1.29 is 18.0 Å². The number of rotatable bonds is 4. The molecule has 5 nitrogen and oxygen atoms in total. The van der Waals surface area contributed by atoms with Crippen LogP contribution < -0.4 is 15.1 Å². The van der Waals surface area contributed by atoms with Crippen LogP contribution in [0.1, 0.15) is 41.6 Å². The number of piperazine rings is 1. The number of hydrogen-bond acceptors (Lipinski definition) is 4. The summed E-state index contributed by atoms with van der Waals surface area (Å²) < 4.78 is 39.5. The summed E-state index contributed by atoms with van der Waals surface area (Å²) in [4.78, 5) is 22.3. The zero-order valence-corrected chi connectivity index (χ0v) is 20.0. The van der Waals surface area contributed by atoms with Gasteiger partial charge in [0.15, 0.2) is 0 Å². The molecule has 8 heteroatoms. The van der Waals surface area contributed by atoms with E-state index in [0.717, 1.165) is 35.1 Å². The third kappa shape index (κ3) is 4.38. The minimum absolute atomic E-state index is 0.0463.